The fourth-order valence-electron chi connectivity index (χ4n) is 1.78. The van der Waals surface area contributed by atoms with Crippen molar-refractivity contribution in [3.05, 3.63) is 53.9 Å². The van der Waals surface area contributed by atoms with Crippen molar-refractivity contribution in [2.24, 2.45) is 0 Å². The second-order valence-corrected chi connectivity index (χ2v) is 4.62. The molecule has 2 N–H and O–H groups in total. The number of aromatic nitrogens is 1. The van der Waals surface area contributed by atoms with E-state index >= 15 is 0 Å². The molecule has 7 heteroatoms. The summed E-state index contributed by atoms with van der Waals surface area (Å²) in [6, 6.07) is 11.5. The van der Waals surface area contributed by atoms with E-state index in [9.17, 15) is 14.8 Å². The Morgan fingerprint density at radius 3 is 2.27 bits per heavy atom. The van der Waals surface area contributed by atoms with Gasteiger partial charge >= 0.3 is 11.9 Å². The first-order chi connectivity index (χ1) is 10.5. The molecular weight excluding hydrogens is 284 g/mol. The van der Waals surface area contributed by atoms with Crippen LogP contribution in [0.2, 0.25) is 0 Å². The topological polar surface area (TPSA) is 88.4 Å². The highest BCUT2D eigenvalue weighted by molar-refractivity contribution is 5.99. The van der Waals surface area contributed by atoms with Crippen molar-refractivity contribution in [1.82, 2.24) is 0 Å². The van der Waals surface area contributed by atoms with Gasteiger partial charge in [-0.15, -0.1) is 0 Å². The number of amides is 3. The fraction of sp³-hybridized carbons (Fsp3) is 0.133. The van der Waals surface area contributed by atoms with Gasteiger partial charge in [0.25, 0.3) is 5.82 Å². The quantitative estimate of drug-likeness (QED) is 0.670. The standard InChI is InChI=1S/C15H16N4O3/c1-11(20)18(2)14-9-8-13(10-19(14)22)17-15(21)16-12-6-4-3-5-7-12/h3-10H,1-2H3,(H2,16,17,21). The SMILES string of the molecule is CC(=O)N(C)c1ccc(NC(=O)Nc2ccccc2)c[n+]1[O-]. The zero-order valence-electron chi connectivity index (χ0n) is 12.2. The minimum absolute atomic E-state index is 0.182. The molecule has 1 heterocycles. The number of hydrogen-bond acceptors (Lipinski definition) is 3. The highest BCUT2D eigenvalue weighted by atomic mass is 16.5. The van der Waals surface area contributed by atoms with Gasteiger partial charge in [0, 0.05) is 18.7 Å². The summed E-state index contributed by atoms with van der Waals surface area (Å²) in [4.78, 5) is 24.3. The van der Waals surface area contributed by atoms with Crippen LogP contribution in [0.4, 0.5) is 22.0 Å². The van der Waals surface area contributed by atoms with Crippen LogP contribution in [0.25, 0.3) is 0 Å². The van der Waals surface area contributed by atoms with Gasteiger partial charge in [-0.05, 0) is 18.2 Å². The normalized spacial score (nSPS) is 9.91. The summed E-state index contributed by atoms with van der Waals surface area (Å²) in [5, 5.41) is 17.1. The fourth-order valence-corrected chi connectivity index (χ4v) is 1.78. The Kier molecular flexibility index (Phi) is 4.57. The molecule has 0 aliphatic carbocycles. The van der Waals surface area contributed by atoms with E-state index in [0.29, 0.717) is 16.1 Å². The van der Waals surface area contributed by atoms with Gasteiger partial charge in [0.05, 0.1) is 12.7 Å². The number of pyridine rings is 1. The van der Waals surface area contributed by atoms with Crippen LogP contribution in [0.3, 0.4) is 0 Å². The van der Waals surface area contributed by atoms with Gasteiger partial charge in [0.1, 0.15) is 6.20 Å². The summed E-state index contributed by atoms with van der Waals surface area (Å²) in [6.07, 6.45) is 1.19. The Hall–Kier alpha value is -3.09. The van der Waals surface area contributed by atoms with Crippen LogP contribution >= 0.6 is 0 Å². The van der Waals surface area contributed by atoms with Gasteiger partial charge in [0.15, 0.2) is 0 Å². The number of para-hydroxylation sites is 1. The number of hydrogen-bond donors (Lipinski definition) is 2. The van der Waals surface area contributed by atoms with Crippen molar-refractivity contribution in [2.75, 3.05) is 22.6 Å². The van der Waals surface area contributed by atoms with E-state index in [-0.39, 0.29) is 11.7 Å². The second kappa shape index (κ2) is 6.57. The largest absolute Gasteiger partial charge is 0.711 e. The van der Waals surface area contributed by atoms with E-state index in [4.69, 9.17) is 0 Å². The average molecular weight is 300 g/mol. The lowest BCUT2D eigenvalue weighted by Gasteiger charge is -2.15. The first kappa shape index (κ1) is 15.3. The summed E-state index contributed by atoms with van der Waals surface area (Å²) in [5.74, 6) is -0.0753. The molecule has 0 bridgehead atoms. The molecule has 2 aromatic rings. The van der Waals surface area contributed by atoms with Crippen LogP contribution < -0.4 is 20.3 Å². The zero-order valence-corrected chi connectivity index (χ0v) is 12.2. The number of rotatable bonds is 3. The summed E-state index contributed by atoms with van der Waals surface area (Å²) in [5.41, 5.74) is 0.965. The molecule has 0 spiro atoms. The highest BCUT2D eigenvalue weighted by Gasteiger charge is 2.17. The van der Waals surface area contributed by atoms with Gasteiger partial charge in [0.2, 0.25) is 0 Å². The van der Waals surface area contributed by atoms with Crippen LogP contribution in [0.5, 0.6) is 0 Å². The molecule has 1 aromatic carbocycles. The van der Waals surface area contributed by atoms with Gasteiger partial charge in [-0.1, -0.05) is 18.2 Å². The number of nitrogens with one attached hydrogen (secondary N) is 2. The molecule has 1 aromatic heterocycles. The summed E-state index contributed by atoms with van der Waals surface area (Å²) >= 11 is 0. The van der Waals surface area contributed by atoms with Crippen LogP contribution in [0, 0.1) is 5.21 Å². The maximum atomic E-state index is 11.9. The predicted octanol–water partition coefficient (Wildman–Crippen LogP) is 1.95. The molecule has 22 heavy (non-hydrogen) atoms. The monoisotopic (exact) mass is 300 g/mol. The lowest BCUT2D eigenvalue weighted by Crippen LogP contribution is -2.38. The summed E-state index contributed by atoms with van der Waals surface area (Å²) < 4.78 is 0.527. The highest BCUT2D eigenvalue weighted by Crippen LogP contribution is 2.12. The van der Waals surface area contributed by atoms with E-state index in [0.717, 1.165) is 0 Å². The number of nitrogens with zero attached hydrogens (tertiary/aromatic N) is 2. The molecule has 0 aliphatic rings. The summed E-state index contributed by atoms with van der Waals surface area (Å²) in [6.45, 7) is 1.36. The third-order valence-corrected chi connectivity index (χ3v) is 3.00. The molecule has 7 nitrogen and oxygen atoms in total. The third-order valence-electron chi connectivity index (χ3n) is 3.00. The maximum absolute atomic E-state index is 11.9. The Balaban J connectivity index is 2.06. The smallest absolute Gasteiger partial charge is 0.323 e. The molecule has 0 saturated heterocycles. The van der Waals surface area contributed by atoms with Crippen LogP contribution in [0.1, 0.15) is 6.92 Å². The van der Waals surface area contributed by atoms with Crippen LogP contribution in [0.15, 0.2) is 48.7 Å². The van der Waals surface area contributed by atoms with E-state index in [1.165, 1.54) is 31.1 Å². The average Bonchev–Trinajstić information content (AvgIpc) is 2.47. The molecule has 0 saturated carbocycles. The first-order valence-corrected chi connectivity index (χ1v) is 6.58. The lowest BCUT2D eigenvalue weighted by molar-refractivity contribution is -0.590. The van der Waals surface area contributed by atoms with Crippen molar-refractivity contribution in [1.29, 1.82) is 0 Å². The van der Waals surface area contributed by atoms with Crippen molar-refractivity contribution < 1.29 is 14.3 Å². The molecule has 114 valence electrons. The van der Waals surface area contributed by atoms with E-state index in [1.807, 2.05) is 6.07 Å². The molecule has 0 fully saturated rings. The molecule has 0 atom stereocenters. The van der Waals surface area contributed by atoms with E-state index < -0.39 is 6.03 Å². The third kappa shape index (κ3) is 3.72. The Labute approximate surface area is 127 Å². The Morgan fingerprint density at radius 1 is 1.05 bits per heavy atom. The van der Waals surface area contributed by atoms with E-state index in [2.05, 4.69) is 10.6 Å². The van der Waals surface area contributed by atoms with Crippen molar-refractivity contribution in [2.45, 2.75) is 6.92 Å². The van der Waals surface area contributed by atoms with Crippen LogP contribution in [-0.2, 0) is 4.79 Å². The number of anilines is 3. The molecule has 3 amide bonds. The molecular formula is C15H16N4O3. The molecule has 0 radical (unpaired) electrons. The molecule has 0 unspecified atom stereocenters. The minimum Gasteiger partial charge on any atom is -0.711 e. The number of carbonyl (C=O) groups excluding carboxylic acids is 2. The first-order valence-electron chi connectivity index (χ1n) is 6.58. The minimum atomic E-state index is -0.459. The van der Waals surface area contributed by atoms with Crippen molar-refractivity contribution in [3.8, 4) is 0 Å². The second-order valence-electron chi connectivity index (χ2n) is 4.62. The van der Waals surface area contributed by atoms with Gasteiger partial charge in [-0.2, -0.15) is 4.90 Å². The number of carbonyl (C=O) groups is 2. The zero-order chi connectivity index (χ0) is 16.1. The van der Waals surface area contributed by atoms with E-state index in [1.54, 1.807) is 30.3 Å². The molecule has 2 rings (SSSR count). The molecule has 0 aliphatic heterocycles. The Morgan fingerprint density at radius 2 is 1.68 bits per heavy atom. The predicted molar refractivity (Wildman–Crippen MR) is 83.6 cm³/mol. The van der Waals surface area contributed by atoms with Gasteiger partial charge in [-0.25, -0.2) is 14.3 Å². The Bertz CT molecular complexity index is 688. The van der Waals surface area contributed by atoms with Gasteiger partial charge < -0.3 is 15.8 Å². The maximum Gasteiger partial charge on any atom is 0.323 e. The number of urea groups is 1. The number of benzene rings is 1. The lowest BCUT2D eigenvalue weighted by atomic mass is 10.3. The summed E-state index contributed by atoms with van der Waals surface area (Å²) in [7, 11) is 1.50. The van der Waals surface area contributed by atoms with Crippen molar-refractivity contribution >= 4 is 29.1 Å². The van der Waals surface area contributed by atoms with Gasteiger partial charge in [-0.3, -0.25) is 0 Å². The van der Waals surface area contributed by atoms with Crippen molar-refractivity contribution in [3.63, 3.8) is 0 Å². The van der Waals surface area contributed by atoms with Crippen LogP contribution in [-0.4, -0.2) is 19.0 Å².